The highest BCUT2D eigenvalue weighted by Crippen LogP contribution is 2.27. The zero-order valence-electron chi connectivity index (χ0n) is 11.7. The Hall–Kier alpha value is -1.88. The van der Waals surface area contributed by atoms with E-state index in [9.17, 15) is 9.59 Å². The molecule has 1 rings (SSSR count). The number of nitrogens with one attached hydrogen (secondary N) is 1. The van der Waals surface area contributed by atoms with E-state index in [4.69, 9.17) is 10.2 Å². The number of amides is 1. The molecule has 0 radical (unpaired) electrons. The fraction of sp³-hybridized carbons (Fsp3) is 0.467. The van der Waals surface area contributed by atoms with E-state index in [1.54, 1.807) is 0 Å². The highest BCUT2D eigenvalue weighted by atomic mass is 16.4. The van der Waals surface area contributed by atoms with Gasteiger partial charge in [-0.15, -0.1) is 0 Å². The molecule has 5 nitrogen and oxygen atoms in total. The Morgan fingerprint density at radius 2 is 1.85 bits per heavy atom. The zero-order valence-corrected chi connectivity index (χ0v) is 11.7. The van der Waals surface area contributed by atoms with Crippen LogP contribution in [0.4, 0.5) is 0 Å². The van der Waals surface area contributed by atoms with Crippen LogP contribution in [0.1, 0.15) is 31.7 Å². The van der Waals surface area contributed by atoms with Crippen molar-refractivity contribution in [3.63, 3.8) is 0 Å². The van der Waals surface area contributed by atoms with Gasteiger partial charge in [0, 0.05) is 0 Å². The van der Waals surface area contributed by atoms with Gasteiger partial charge in [0.25, 0.3) is 0 Å². The Bertz CT molecular complexity index is 446. The molecule has 2 unspecified atom stereocenters. The second-order valence-electron chi connectivity index (χ2n) is 4.86. The average Bonchev–Trinajstić information content (AvgIpc) is 2.45. The van der Waals surface area contributed by atoms with Crippen LogP contribution < -0.4 is 5.32 Å². The molecular formula is C15H21NO4. The summed E-state index contributed by atoms with van der Waals surface area (Å²) in [5, 5.41) is 20.3. The second kappa shape index (κ2) is 7.65. The number of aliphatic hydroxyl groups is 1. The maximum absolute atomic E-state index is 12.3. The summed E-state index contributed by atoms with van der Waals surface area (Å²) >= 11 is 0. The molecule has 0 spiro atoms. The lowest BCUT2D eigenvalue weighted by Gasteiger charge is -2.24. The van der Waals surface area contributed by atoms with Crippen LogP contribution >= 0.6 is 0 Å². The summed E-state index contributed by atoms with van der Waals surface area (Å²) in [6.45, 7) is 3.31. The van der Waals surface area contributed by atoms with Crippen LogP contribution in [0.3, 0.4) is 0 Å². The predicted octanol–water partition coefficient (Wildman–Crippen LogP) is 1.38. The molecule has 5 heteroatoms. The molecule has 1 aromatic rings. The minimum Gasteiger partial charge on any atom is -0.480 e. The van der Waals surface area contributed by atoms with Crippen molar-refractivity contribution in [1.29, 1.82) is 0 Å². The van der Waals surface area contributed by atoms with E-state index in [0.29, 0.717) is 0 Å². The number of carbonyl (C=O) groups excluding carboxylic acids is 1. The van der Waals surface area contributed by atoms with E-state index in [-0.39, 0.29) is 11.8 Å². The van der Waals surface area contributed by atoms with Crippen molar-refractivity contribution in [3.05, 3.63) is 35.9 Å². The summed E-state index contributed by atoms with van der Waals surface area (Å²) in [4.78, 5) is 23.2. The largest absolute Gasteiger partial charge is 0.480 e. The number of carbonyl (C=O) groups is 2. The predicted molar refractivity (Wildman–Crippen MR) is 75.3 cm³/mol. The summed E-state index contributed by atoms with van der Waals surface area (Å²) in [6.07, 6.45) is 0.795. The third-order valence-corrected chi connectivity index (χ3v) is 3.45. The van der Waals surface area contributed by atoms with Gasteiger partial charge in [-0.2, -0.15) is 0 Å². The van der Waals surface area contributed by atoms with E-state index in [1.807, 2.05) is 44.2 Å². The molecule has 0 aliphatic carbocycles. The van der Waals surface area contributed by atoms with E-state index >= 15 is 0 Å². The maximum atomic E-state index is 12.3. The van der Waals surface area contributed by atoms with Crippen LogP contribution in [0.15, 0.2) is 30.3 Å². The minimum atomic E-state index is -1.27. The van der Waals surface area contributed by atoms with Crippen molar-refractivity contribution in [2.24, 2.45) is 5.92 Å². The SMILES string of the molecule is CCC(C)C(C(=O)N[C@H](CO)C(=O)O)c1ccccc1. The summed E-state index contributed by atoms with van der Waals surface area (Å²) in [6, 6.07) is 7.99. The number of hydrogen-bond acceptors (Lipinski definition) is 3. The van der Waals surface area contributed by atoms with Crippen molar-refractivity contribution in [2.75, 3.05) is 6.61 Å². The maximum Gasteiger partial charge on any atom is 0.328 e. The number of carboxylic acids is 1. The van der Waals surface area contributed by atoms with Gasteiger partial charge in [0.1, 0.15) is 6.04 Å². The molecule has 0 aliphatic rings. The number of aliphatic hydroxyl groups excluding tert-OH is 1. The van der Waals surface area contributed by atoms with Crippen LogP contribution in [0, 0.1) is 5.92 Å². The number of benzene rings is 1. The smallest absolute Gasteiger partial charge is 0.328 e. The van der Waals surface area contributed by atoms with Gasteiger partial charge < -0.3 is 15.5 Å². The van der Waals surface area contributed by atoms with Gasteiger partial charge in [-0.1, -0.05) is 50.6 Å². The monoisotopic (exact) mass is 279 g/mol. The van der Waals surface area contributed by atoms with Gasteiger partial charge >= 0.3 is 5.97 Å². The Kier molecular flexibility index (Phi) is 6.18. The van der Waals surface area contributed by atoms with E-state index in [1.165, 1.54) is 0 Å². The highest BCUT2D eigenvalue weighted by molar-refractivity contribution is 5.88. The standard InChI is InChI=1S/C15H21NO4/c1-3-10(2)13(11-7-5-4-6-8-11)14(18)16-12(9-17)15(19)20/h4-8,10,12-13,17H,3,9H2,1-2H3,(H,16,18)(H,19,20)/t10?,12-,13?/m1/s1. The number of hydrogen-bond donors (Lipinski definition) is 3. The lowest BCUT2D eigenvalue weighted by atomic mass is 9.84. The molecular weight excluding hydrogens is 258 g/mol. The molecule has 0 saturated heterocycles. The molecule has 20 heavy (non-hydrogen) atoms. The Morgan fingerprint density at radius 3 is 2.30 bits per heavy atom. The van der Waals surface area contributed by atoms with Crippen molar-refractivity contribution < 1.29 is 19.8 Å². The summed E-state index contributed by atoms with van der Waals surface area (Å²) in [5.41, 5.74) is 0.849. The molecule has 0 heterocycles. The first-order valence-corrected chi connectivity index (χ1v) is 6.70. The van der Waals surface area contributed by atoms with Crippen molar-refractivity contribution in [3.8, 4) is 0 Å². The third kappa shape index (κ3) is 4.06. The normalized spacial score (nSPS) is 15.2. The van der Waals surface area contributed by atoms with E-state index in [2.05, 4.69) is 5.32 Å². The minimum absolute atomic E-state index is 0.0746. The fourth-order valence-electron chi connectivity index (χ4n) is 2.08. The number of carboxylic acid groups (broad SMARTS) is 1. The first-order valence-electron chi connectivity index (χ1n) is 6.70. The molecule has 3 atom stereocenters. The Morgan fingerprint density at radius 1 is 1.25 bits per heavy atom. The highest BCUT2D eigenvalue weighted by Gasteiger charge is 2.29. The van der Waals surface area contributed by atoms with Gasteiger partial charge in [0.2, 0.25) is 5.91 Å². The molecule has 0 bridgehead atoms. The summed E-state index contributed by atoms with van der Waals surface area (Å²) in [5.74, 6) is -1.95. The first-order chi connectivity index (χ1) is 9.51. The van der Waals surface area contributed by atoms with Crippen LogP contribution in [-0.4, -0.2) is 34.7 Å². The molecule has 0 aliphatic heterocycles. The van der Waals surface area contributed by atoms with Crippen molar-refractivity contribution >= 4 is 11.9 Å². The number of aliphatic carboxylic acids is 1. The van der Waals surface area contributed by atoms with Crippen molar-refractivity contribution in [1.82, 2.24) is 5.32 Å². The topological polar surface area (TPSA) is 86.6 Å². The first kappa shape index (κ1) is 16.2. The molecule has 3 N–H and O–H groups in total. The second-order valence-corrected chi connectivity index (χ2v) is 4.86. The van der Waals surface area contributed by atoms with Crippen LogP contribution in [0.5, 0.6) is 0 Å². The van der Waals surface area contributed by atoms with E-state index < -0.39 is 24.5 Å². The summed E-state index contributed by atoms with van der Waals surface area (Å²) in [7, 11) is 0. The van der Waals surface area contributed by atoms with Gasteiger partial charge in [0.05, 0.1) is 12.5 Å². The molecule has 1 aromatic carbocycles. The average molecular weight is 279 g/mol. The quantitative estimate of drug-likeness (QED) is 0.703. The number of rotatable bonds is 7. The van der Waals surface area contributed by atoms with Crippen LogP contribution in [0.2, 0.25) is 0 Å². The molecule has 0 saturated carbocycles. The van der Waals surface area contributed by atoms with Gasteiger partial charge in [-0.3, -0.25) is 4.79 Å². The molecule has 110 valence electrons. The van der Waals surface area contributed by atoms with E-state index in [0.717, 1.165) is 12.0 Å². The Labute approximate surface area is 118 Å². The van der Waals surface area contributed by atoms with Crippen molar-refractivity contribution in [2.45, 2.75) is 32.2 Å². The molecule has 0 aromatic heterocycles. The summed E-state index contributed by atoms with van der Waals surface area (Å²) < 4.78 is 0. The third-order valence-electron chi connectivity index (χ3n) is 3.45. The van der Waals surface area contributed by atoms with Crippen LogP contribution in [-0.2, 0) is 9.59 Å². The van der Waals surface area contributed by atoms with Gasteiger partial charge in [-0.25, -0.2) is 4.79 Å². The van der Waals surface area contributed by atoms with Gasteiger partial charge in [-0.05, 0) is 11.5 Å². The fourth-order valence-corrected chi connectivity index (χ4v) is 2.08. The molecule has 1 amide bonds. The zero-order chi connectivity index (χ0) is 15.1. The van der Waals surface area contributed by atoms with Gasteiger partial charge in [0.15, 0.2) is 0 Å². The Balaban J connectivity index is 2.94. The molecule has 0 fully saturated rings. The van der Waals surface area contributed by atoms with Crippen LogP contribution in [0.25, 0.3) is 0 Å². The lowest BCUT2D eigenvalue weighted by Crippen LogP contribution is -2.46. The lowest BCUT2D eigenvalue weighted by molar-refractivity contribution is -0.143.